The summed E-state index contributed by atoms with van der Waals surface area (Å²) >= 11 is 0. The van der Waals surface area contributed by atoms with E-state index in [2.05, 4.69) is 35.8 Å². The lowest BCUT2D eigenvalue weighted by Crippen LogP contribution is -2.31. The molecule has 1 aliphatic carbocycles. The van der Waals surface area contributed by atoms with Gasteiger partial charge >= 0.3 is 12.2 Å². The fourth-order valence-corrected chi connectivity index (χ4v) is 4.05. The number of hydrogen-bond acceptors (Lipinski definition) is 9. The number of nitrogens with two attached hydrogens (primary N) is 1. The van der Waals surface area contributed by atoms with E-state index in [0.717, 1.165) is 6.07 Å². The van der Waals surface area contributed by atoms with E-state index in [1.54, 1.807) is 16.8 Å². The smallest absolute Gasteiger partial charge is 0.383 e. The SMILES string of the molecule is Nc1ncnc2c1c(-c1ccc(NC(=O)Nc3cc(C4(C(F)(F)F)CC4)no3)nc1)nn2C1COC1. The molecule has 4 aromatic heterocycles. The number of halogens is 3. The zero-order valence-electron chi connectivity index (χ0n) is 18.4. The van der Waals surface area contributed by atoms with Crippen molar-refractivity contribution >= 4 is 34.6 Å². The van der Waals surface area contributed by atoms with Crippen LogP contribution < -0.4 is 16.4 Å². The van der Waals surface area contributed by atoms with Crippen LogP contribution >= 0.6 is 0 Å². The number of carbonyl (C=O) groups excluding carboxylic acids is 1. The van der Waals surface area contributed by atoms with Crippen molar-refractivity contribution in [3.63, 3.8) is 0 Å². The molecule has 5 heterocycles. The summed E-state index contributed by atoms with van der Waals surface area (Å²) in [7, 11) is 0. The third-order valence-corrected chi connectivity index (χ3v) is 6.29. The number of nitrogen functional groups attached to an aromatic ring is 1. The van der Waals surface area contributed by atoms with Gasteiger partial charge in [-0.25, -0.2) is 24.4 Å². The highest BCUT2D eigenvalue weighted by atomic mass is 19.4. The maximum atomic E-state index is 13.3. The molecule has 1 saturated carbocycles. The minimum Gasteiger partial charge on any atom is -0.383 e. The van der Waals surface area contributed by atoms with Gasteiger partial charge in [0.15, 0.2) is 5.65 Å². The van der Waals surface area contributed by atoms with Crippen molar-refractivity contribution in [3.05, 3.63) is 36.4 Å². The number of fused-ring (bicyclic) bond motifs is 1. The Morgan fingerprint density at radius 3 is 2.61 bits per heavy atom. The number of rotatable bonds is 5. The Kier molecular flexibility index (Phi) is 4.86. The molecule has 2 aliphatic rings. The van der Waals surface area contributed by atoms with E-state index >= 15 is 0 Å². The summed E-state index contributed by atoms with van der Waals surface area (Å²) in [4.78, 5) is 24.9. The summed E-state index contributed by atoms with van der Waals surface area (Å²) in [5, 5.41) is 13.5. The minimum absolute atomic E-state index is 0.0377. The van der Waals surface area contributed by atoms with Crippen LogP contribution in [0.15, 0.2) is 35.2 Å². The van der Waals surface area contributed by atoms with E-state index in [1.807, 2.05) is 0 Å². The second-order valence-electron chi connectivity index (χ2n) is 8.61. The summed E-state index contributed by atoms with van der Waals surface area (Å²) in [5.41, 5.74) is 5.58. The molecule has 0 spiro atoms. The normalized spacial score (nSPS) is 17.1. The molecule has 1 saturated heterocycles. The number of urea groups is 1. The molecule has 0 bridgehead atoms. The third-order valence-electron chi connectivity index (χ3n) is 6.29. The summed E-state index contributed by atoms with van der Waals surface area (Å²) in [6, 6.07) is 3.59. The molecule has 0 atom stereocenters. The zero-order chi connectivity index (χ0) is 25.1. The van der Waals surface area contributed by atoms with Gasteiger partial charge in [0.05, 0.1) is 18.6 Å². The molecule has 186 valence electrons. The van der Waals surface area contributed by atoms with Gasteiger partial charge in [-0.15, -0.1) is 0 Å². The van der Waals surface area contributed by atoms with Crippen molar-refractivity contribution in [3.8, 4) is 11.3 Å². The number of hydrogen-bond donors (Lipinski definition) is 3. The summed E-state index contributed by atoms with van der Waals surface area (Å²) in [5.74, 6) is 0.250. The van der Waals surface area contributed by atoms with Crippen LogP contribution in [-0.2, 0) is 10.2 Å². The lowest BCUT2D eigenvalue weighted by Gasteiger charge is -2.26. The number of pyridine rings is 1. The molecule has 4 aromatic rings. The largest absolute Gasteiger partial charge is 0.400 e. The van der Waals surface area contributed by atoms with Crippen molar-refractivity contribution in [2.45, 2.75) is 30.5 Å². The first-order valence-corrected chi connectivity index (χ1v) is 10.9. The van der Waals surface area contributed by atoms with E-state index in [1.165, 1.54) is 12.5 Å². The average Bonchev–Trinajstić information content (AvgIpc) is 3.37. The zero-order valence-corrected chi connectivity index (χ0v) is 18.4. The summed E-state index contributed by atoms with van der Waals surface area (Å²) in [6.07, 6.45) is -1.69. The average molecular weight is 501 g/mol. The van der Waals surface area contributed by atoms with Crippen LogP contribution in [0.2, 0.25) is 0 Å². The highest BCUT2D eigenvalue weighted by Crippen LogP contribution is 2.58. The number of nitrogens with zero attached hydrogens (tertiary/aromatic N) is 6. The maximum absolute atomic E-state index is 13.3. The fraction of sp³-hybridized carbons (Fsp3) is 0.333. The van der Waals surface area contributed by atoms with Gasteiger partial charge in [0.1, 0.15) is 40.8 Å². The number of amides is 2. The van der Waals surface area contributed by atoms with Crippen molar-refractivity contribution in [1.82, 2.24) is 29.9 Å². The van der Waals surface area contributed by atoms with Crippen molar-refractivity contribution < 1.29 is 27.2 Å². The standard InChI is InChI=1S/C21H18F3N9O3/c22-21(23,24)20(3-4-20)12-5-14(36-32-12)30-19(34)29-13-2-1-10(6-26-13)16-15-17(25)27-9-28-18(15)33(31-16)11-7-35-8-11/h1-2,5-6,9,11H,3-4,7-8H2,(H2,25,27,28)(H2,26,29,30,34). The van der Waals surface area contributed by atoms with E-state index in [4.69, 9.17) is 15.0 Å². The number of alkyl halides is 3. The second kappa shape index (κ2) is 7.87. The van der Waals surface area contributed by atoms with E-state index in [0.29, 0.717) is 35.5 Å². The monoisotopic (exact) mass is 501 g/mol. The summed E-state index contributed by atoms with van der Waals surface area (Å²) < 4.78 is 51.6. The van der Waals surface area contributed by atoms with Crippen LogP contribution in [0.1, 0.15) is 24.6 Å². The van der Waals surface area contributed by atoms with E-state index < -0.39 is 17.6 Å². The van der Waals surface area contributed by atoms with Gasteiger partial charge in [-0.3, -0.25) is 10.6 Å². The first-order chi connectivity index (χ1) is 17.2. The van der Waals surface area contributed by atoms with Crippen LogP contribution in [0.3, 0.4) is 0 Å². The van der Waals surface area contributed by atoms with E-state index in [-0.39, 0.29) is 42.1 Å². The Bertz CT molecular complexity index is 1460. The summed E-state index contributed by atoms with van der Waals surface area (Å²) in [6.45, 7) is 1.03. The number of nitrogens with one attached hydrogen (secondary N) is 2. The molecule has 2 amide bonds. The van der Waals surface area contributed by atoms with Gasteiger partial charge in [0.2, 0.25) is 5.88 Å². The molecule has 6 rings (SSSR count). The molecule has 12 nitrogen and oxygen atoms in total. The molecule has 2 fully saturated rings. The highest BCUT2D eigenvalue weighted by Gasteiger charge is 2.66. The molecular formula is C21H18F3N9O3. The van der Waals surface area contributed by atoms with Gasteiger partial charge in [0.25, 0.3) is 0 Å². The predicted molar refractivity (Wildman–Crippen MR) is 119 cm³/mol. The molecule has 4 N–H and O–H groups in total. The fourth-order valence-electron chi connectivity index (χ4n) is 4.05. The van der Waals surface area contributed by atoms with Gasteiger partial charge in [-0.2, -0.15) is 18.3 Å². The Morgan fingerprint density at radius 2 is 1.97 bits per heavy atom. The number of anilines is 3. The number of aromatic nitrogens is 6. The van der Waals surface area contributed by atoms with Crippen LogP contribution in [0, 0.1) is 0 Å². The maximum Gasteiger partial charge on any atom is 0.400 e. The Labute approximate surface area is 200 Å². The first kappa shape index (κ1) is 22.2. The molecule has 1 aliphatic heterocycles. The molecule has 36 heavy (non-hydrogen) atoms. The van der Waals surface area contributed by atoms with Crippen LogP contribution in [0.5, 0.6) is 0 Å². The van der Waals surface area contributed by atoms with Crippen molar-refractivity contribution in [1.29, 1.82) is 0 Å². The van der Waals surface area contributed by atoms with Crippen LogP contribution in [0.25, 0.3) is 22.3 Å². The number of ether oxygens (including phenoxy) is 1. The molecular weight excluding hydrogens is 483 g/mol. The van der Waals surface area contributed by atoms with Gasteiger partial charge < -0.3 is 15.0 Å². The Morgan fingerprint density at radius 1 is 1.17 bits per heavy atom. The Hall–Kier alpha value is -4.27. The minimum atomic E-state index is -4.43. The third kappa shape index (κ3) is 3.59. The van der Waals surface area contributed by atoms with Gasteiger partial charge in [-0.05, 0) is 25.0 Å². The van der Waals surface area contributed by atoms with Crippen LogP contribution in [-0.4, -0.2) is 55.3 Å². The lowest BCUT2D eigenvalue weighted by molar-refractivity contribution is -0.161. The van der Waals surface area contributed by atoms with Crippen molar-refractivity contribution in [2.24, 2.45) is 0 Å². The predicted octanol–water partition coefficient (Wildman–Crippen LogP) is 3.27. The van der Waals surface area contributed by atoms with Gasteiger partial charge in [-0.1, -0.05) is 5.16 Å². The van der Waals surface area contributed by atoms with Gasteiger partial charge in [0, 0.05) is 17.8 Å². The van der Waals surface area contributed by atoms with Crippen LogP contribution in [0.4, 0.5) is 35.5 Å². The first-order valence-electron chi connectivity index (χ1n) is 10.9. The quantitative estimate of drug-likeness (QED) is 0.373. The molecule has 0 radical (unpaired) electrons. The molecule has 15 heteroatoms. The second-order valence-corrected chi connectivity index (χ2v) is 8.61. The Balaban J connectivity index is 1.18. The number of carbonyl (C=O) groups is 1. The highest BCUT2D eigenvalue weighted by molar-refractivity contribution is 5.99. The molecule has 0 aromatic carbocycles. The topological polar surface area (TPSA) is 159 Å². The molecule has 0 unspecified atom stereocenters. The lowest BCUT2D eigenvalue weighted by atomic mass is 10.0. The van der Waals surface area contributed by atoms with Crippen molar-refractivity contribution in [2.75, 3.05) is 29.6 Å². The van der Waals surface area contributed by atoms with E-state index in [9.17, 15) is 18.0 Å².